The summed E-state index contributed by atoms with van der Waals surface area (Å²) in [6, 6.07) is 10.9. The molecule has 1 amide bonds. The van der Waals surface area contributed by atoms with Crippen molar-refractivity contribution in [3.8, 4) is 28.6 Å². The molecule has 9 heteroatoms. The number of hydrogen-bond donors (Lipinski definition) is 0. The topological polar surface area (TPSA) is 103 Å². The fourth-order valence-corrected chi connectivity index (χ4v) is 4.06. The third kappa shape index (κ3) is 5.24. The molecule has 4 heterocycles. The Labute approximate surface area is 202 Å². The molecule has 5 rings (SSSR count). The fourth-order valence-electron chi connectivity index (χ4n) is 4.06. The number of carbonyl (C=O) groups is 1. The molecule has 35 heavy (non-hydrogen) atoms. The number of carbonyl (C=O) groups excluding carboxylic acids is 1. The van der Waals surface area contributed by atoms with E-state index in [1.165, 1.54) is 6.33 Å². The van der Waals surface area contributed by atoms with Gasteiger partial charge in [-0.3, -0.25) is 14.8 Å². The van der Waals surface area contributed by atoms with E-state index in [1.807, 2.05) is 35.2 Å². The maximum absolute atomic E-state index is 13.0. The minimum atomic E-state index is -0.0190. The molecule has 0 radical (unpaired) electrons. The maximum atomic E-state index is 13.0. The lowest BCUT2D eigenvalue weighted by Crippen LogP contribution is -2.38. The van der Waals surface area contributed by atoms with E-state index in [4.69, 9.17) is 9.47 Å². The van der Waals surface area contributed by atoms with E-state index in [-0.39, 0.29) is 11.8 Å². The second kappa shape index (κ2) is 10.3. The van der Waals surface area contributed by atoms with Crippen LogP contribution >= 0.6 is 0 Å². The summed E-state index contributed by atoms with van der Waals surface area (Å²) in [6.45, 7) is 1.28. The molecular formula is C26H24N6O3. The third-order valence-corrected chi connectivity index (χ3v) is 5.98. The van der Waals surface area contributed by atoms with Crippen LogP contribution in [0.2, 0.25) is 0 Å². The van der Waals surface area contributed by atoms with E-state index in [1.54, 1.807) is 44.2 Å². The number of rotatable bonds is 6. The molecule has 3 aromatic heterocycles. The van der Waals surface area contributed by atoms with Gasteiger partial charge in [0.2, 0.25) is 5.88 Å². The average molecular weight is 469 g/mol. The standard InChI is InChI=1S/C26H24N6O3/c1-34-21-3-5-22(6-4-21)35-25-16-27-15-24(31-25)18-8-10-32(11-9-18)26(33)19-2-7-23(30-14-19)20-12-28-17-29-13-20/h2-7,12-18H,8-11H2,1H3. The number of nitrogens with zero attached hydrogens (tertiary/aromatic N) is 6. The third-order valence-electron chi connectivity index (χ3n) is 5.98. The van der Waals surface area contributed by atoms with Crippen LogP contribution in [-0.4, -0.2) is 55.9 Å². The summed E-state index contributed by atoms with van der Waals surface area (Å²) in [6.07, 6.45) is 11.5. The van der Waals surface area contributed by atoms with Crippen LogP contribution in [0.15, 0.2) is 73.7 Å². The lowest BCUT2D eigenvalue weighted by atomic mass is 9.93. The summed E-state index contributed by atoms with van der Waals surface area (Å²) < 4.78 is 11.0. The highest BCUT2D eigenvalue weighted by Crippen LogP contribution is 2.29. The van der Waals surface area contributed by atoms with Crippen LogP contribution in [0.5, 0.6) is 17.4 Å². The number of benzene rings is 1. The Morgan fingerprint density at radius 1 is 0.886 bits per heavy atom. The van der Waals surface area contributed by atoms with E-state index in [0.717, 1.165) is 35.5 Å². The highest BCUT2D eigenvalue weighted by atomic mass is 16.5. The average Bonchev–Trinajstić information content (AvgIpc) is 2.94. The number of aromatic nitrogens is 5. The summed E-state index contributed by atoms with van der Waals surface area (Å²) in [7, 11) is 1.62. The lowest BCUT2D eigenvalue weighted by molar-refractivity contribution is 0.0711. The van der Waals surface area contributed by atoms with Gasteiger partial charge in [-0.05, 0) is 49.2 Å². The molecule has 0 unspecified atom stereocenters. The van der Waals surface area contributed by atoms with E-state index in [9.17, 15) is 4.79 Å². The van der Waals surface area contributed by atoms with Crippen molar-refractivity contribution >= 4 is 5.91 Å². The number of amides is 1. The van der Waals surface area contributed by atoms with E-state index < -0.39 is 0 Å². The first-order valence-electron chi connectivity index (χ1n) is 11.3. The minimum absolute atomic E-state index is 0.0190. The normalized spacial score (nSPS) is 13.9. The van der Waals surface area contributed by atoms with Gasteiger partial charge < -0.3 is 14.4 Å². The summed E-state index contributed by atoms with van der Waals surface area (Å²) in [5.74, 6) is 2.06. The number of ether oxygens (including phenoxy) is 2. The second-order valence-corrected chi connectivity index (χ2v) is 8.19. The molecule has 176 valence electrons. The summed E-state index contributed by atoms with van der Waals surface area (Å²) in [5.41, 5.74) is 2.99. The molecule has 0 saturated carbocycles. The Morgan fingerprint density at radius 3 is 2.31 bits per heavy atom. The van der Waals surface area contributed by atoms with Crippen LogP contribution in [0.1, 0.15) is 34.8 Å². The van der Waals surface area contributed by atoms with Gasteiger partial charge in [-0.2, -0.15) is 0 Å². The summed E-state index contributed by atoms with van der Waals surface area (Å²) in [4.78, 5) is 36.3. The molecule has 1 aromatic carbocycles. The highest BCUT2D eigenvalue weighted by molar-refractivity contribution is 5.94. The van der Waals surface area contributed by atoms with Gasteiger partial charge >= 0.3 is 0 Å². The molecule has 4 aromatic rings. The summed E-state index contributed by atoms with van der Waals surface area (Å²) in [5, 5.41) is 0. The van der Waals surface area contributed by atoms with Crippen molar-refractivity contribution in [2.45, 2.75) is 18.8 Å². The Bertz CT molecular complexity index is 1270. The fraction of sp³-hybridized carbons (Fsp3) is 0.231. The molecule has 0 aliphatic carbocycles. The molecule has 0 spiro atoms. The largest absolute Gasteiger partial charge is 0.497 e. The molecule has 0 atom stereocenters. The smallest absolute Gasteiger partial charge is 0.255 e. The molecule has 1 saturated heterocycles. The number of hydrogen-bond acceptors (Lipinski definition) is 8. The molecule has 1 aliphatic rings. The summed E-state index contributed by atoms with van der Waals surface area (Å²) >= 11 is 0. The number of likely N-dealkylation sites (tertiary alicyclic amines) is 1. The first kappa shape index (κ1) is 22.4. The van der Waals surface area contributed by atoms with E-state index in [0.29, 0.717) is 30.3 Å². The van der Waals surface area contributed by atoms with E-state index in [2.05, 4.69) is 24.9 Å². The van der Waals surface area contributed by atoms with Crippen molar-refractivity contribution in [2.24, 2.45) is 0 Å². The zero-order chi connectivity index (χ0) is 24.0. The van der Waals surface area contributed by atoms with Gasteiger partial charge in [0.15, 0.2) is 0 Å². The number of methoxy groups -OCH3 is 1. The zero-order valence-electron chi connectivity index (χ0n) is 19.2. The number of pyridine rings is 1. The molecule has 0 N–H and O–H groups in total. The van der Waals surface area contributed by atoms with Crippen LogP contribution in [-0.2, 0) is 0 Å². The second-order valence-electron chi connectivity index (χ2n) is 8.19. The van der Waals surface area contributed by atoms with Gasteiger partial charge in [-0.1, -0.05) is 0 Å². The first-order valence-corrected chi connectivity index (χ1v) is 11.3. The predicted octanol–water partition coefficient (Wildman–Crippen LogP) is 4.15. The van der Waals surface area contributed by atoms with Gasteiger partial charge in [-0.25, -0.2) is 15.0 Å². The SMILES string of the molecule is COc1ccc(Oc2cncc(C3CCN(C(=O)c4ccc(-c5cncnc5)nc4)CC3)n2)cc1. The van der Waals surface area contributed by atoms with Crippen molar-refractivity contribution in [1.29, 1.82) is 0 Å². The van der Waals surface area contributed by atoms with Gasteiger partial charge in [0.25, 0.3) is 5.91 Å². The van der Waals surface area contributed by atoms with Crippen molar-refractivity contribution in [3.05, 3.63) is 85.0 Å². The van der Waals surface area contributed by atoms with Crippen LogP contribution in [0.3, 0.4) is 0 Å². The van der Waals surface area contributed by atoms with Crippen LogP contribution in [0.4, 0.5) is 0 Å². The molecule has 9 nitrogen and oxygen atoms in total. The number of piperidine rings is 1. The highest BCUT2D eigenvalue weighted by Gasteiger charge is 2.26. The Morgan fingerprint density at radius 2 is 1.63 bits per heavy atom. The van der Waals surface area contributed by atoms with Crippen molar-refractivity contribution in [1.82, 2.24) is 29.8 Å². The Kier molecular flexibility index (Phi) is 6.56. The van der Waals surface area contributed by atoms with Crippen molar-refractivity contribution in [2.75, 3.05) is 20.2 Å². The lowest BCUT2D eigenvalue weighted by Gasteiger charge is -2.31. The van der Waals surface area contributed by atoms with Crippen LogP contribution in [0, 0.1) is 0 Å². The zero-order valence-corrected chi connectivity index (χ0v) is 19.2. The monoisotopic (exact) mass is 468 g/mol. The van der Waals surface area contributed by atoms with Gasteiger partial charge in [0.1, 0.15) is 17.8 Å². The van der Waals surface area contributed by atoms with Crippen LogP contribution in [0.25, 0.3) is 11.3 Å². The molecule has 1 fully saturated rings. The van der Waals surface area contributed by atoms with Crippen molar-refractivity contribution in [3.63, 3.8) is 0 Å². The van der Waals surface area contributed by atoms with Gasteiger partial charge in [-0.15, -0.1) is 0 Å². The molecule has 1 aliphatic heterocycles. The maximum Gasteiger partial charge on any atom is 0.255 e. The van der Waals surface area contributed by atoms with E-state index >= 15 is 0 Å². The first-order chi connectivity index (χ1) is 17.2. The predicted molar refractivity (Wildman–Crippen MR) is 128 cm³/mol. The quantitative estimate of drug-likeness (QED) is 0.416. The van der Waals surface area contributed by atoms with Crippen molar-refractivity contribution < 1.29 is 14.3 Å². The minimum Gasteiger partial charge on any atom is -0.497 e. The van der Waals surface area contributed by atoms with Gasteiger partial charge in [0, 0.05) is 49.4 Å². The van der Waals surface area contributed by atoms with Gasteiger partial charge in [0.05, 0.1) is 30.3 Å². The molecule has 0 bridgehead atoms. The van der Waals surface area contributed by atoms with Crippen LogP contribution < -0.4 is 9.47 Å². The Balaban J connectivity index is 1.19. The Hall–Kier alpha value is -4.40. The molecular weight excluding hydrogens is 444 g/mol.